The molecule has 1 saturated carbocycles. The summed E-state index contributed by atoms with van der Waals surface area (Å²) in [6, 6.07) is 10.3. The van der Waals surface area contributed by atoms with Gasteiger partial charge in [-0.1, -0.05) is 36.8 Å². The van der Waals surface area contributed by atoms with Gasteiger partial charge in [-0.25, -0.2) is 0 Å². The van der Waals surface area contributed by atoms with E-state index in [1.54, 1.807) is 0 Å². The summed E-state index contributed by atoms with van der Waals surface area (Å²) in [4.78, 5) is 12.4. The van der Waals surface area contributed by atoms with E-state index in [9.17, 15) is 4.79 Å². The second-order valence-corrected chi connectivity index (χ2v) is 5.32. The summed E-state index contributed by atoms with van der Waals surface area (Å²) in [7, 11) is 0. The van der Waals surface area contributed by atoms with E-state index in [0.717, 1.165) is 31.2 Å². The molecule has 0 bridgehead atoms. The van der Waals surface area contributed by atoms with Crippen LogP contribution in [0.1, 0.15) is 38.2 Å². The number of carbonyl (C=O) groups excluding carboxylic acids is 1. The number of carbonyl (C=O) groups is 1. The van der Waals surface area contributed by atoms with E-state index >= 15 is 0 Å². The van der Waals surface area contributed by atoms with E-state index in [4.69, 9.17) is 5.73 Å². The van der Waals surface area contributed by atoms with Crippen LogP contribution in [0.4, 0.5) is 0 Å². The number of benzene rings is 1. The Morgan fingerprint density at radius 3 is 2.56 bits per heavy atom. The van der Waals surface area contributed by atoms with Crippen LogP contribution in [0.5, 0.6) is 0 Å². The predicted molar refractivity (Wildman–Crippen MR) is 73.2 cm³/mol. The topological polar surface area (TPSA) is 55.1 Å². The standard InChI is InChI=1S/C15H22N2O/c1-12(16)8-11-17-14(18)15(9-5-10-15)13-6-3-2-4-7-13/h2-4,6-7,12H,5,8-11,16H2,1H3,(H,17,18). The third kappa shape index (κ3) is 2.56. The van der Waals surface area contributed by atoms with Crippen molar-refractivity contribution in [3.05, 3.63) is 35.9 Å². The Labute approximate surface area is 109 Å². The lowest BCUT2D eigenvalue weighted by atomic mass is 9.64. The van der Waals surface area contributed by atoms with Crippen molar-refractivity contribution in [3.63, 3.8) is 0 Å². The number of hydrogen-bond donors (Lipinski definition) is 2. The average molecular weight is 246 g/mol. The minimum absolute atomic E-state index is 0.138. The van der Waals surface area contributed by atoms with E-state index in [2.05, 4.69) is 17.4 Å². The maximum absolute atomic E-state index is 12.4. The smallest absolute Gasteiger partial charge is 0.230 e. The first-order chi connectivity index (χ1) is 8.65. The molecule has 18 heavy (non-hydrogen) atoms. The van der Waals surface area contributed by atoms with Crippen molar-refractivity contribution < 1.29 is 4.79 Å². The van der Waals surface area contributed by atoms with Crippen molar-refractivity contribution in [3.8, 4) is 0 Å². The molecule has 1 aromatic carbocycles. The summed E-state index contributed by atoms with van der Waals surface area (Å²) in [6.07, 6.45) is 3.88. The minimum atomic E-state index is -0.279. The number of nitrogens with two attached hydrogens (primary N) is 1. The molecule has 0 spiro atoms. The van der Waals surface area contributed by atoms with Crippen molar-refractivity contribution >= 4 is 5.91 Å². The zero-order valence-corrected chi connectivity index (χ0v) is 11.0. The molecule has 3 nitrogen and oxygen atoms in total. The molecule has 0 aromatic heterocycles. The fraction of sp³-hybridized carbons (Fsp3) is 0.533. The SMILES string of the molecule is CC(N)CCNC(=O)C1(c2ccccc2)CCC1. The molecule has 2 rings (SSSR count). The highest BCUT2D eigenvalue weighted by molar-refractivity contribution is 5.89. The molecule has 1 fully saturated rings. The van der Waals surface area contributed by atoms with Crippen LogP contribution in [-0.2, 0) is 10.2 Å². The van der Waals surface area contributed by atoms with Gasteiger partial charge in [-0.15, -0.1) is 0 Å². The third-order valence-electron chi connectivity index (χ3n) is 3.85. The van der Waals surface area contributed by atoms with Gasteiger partial charge in [-0.3, -0.25) is 4.79 Å². The Balaban J connectivity index is 2.02. The van der Waals surface area contributed by atoms with Gasteiger partial charge in [0, 0.05) is 12.6 Å². The van der Waals surface area contributed by atoms with Crippen molar-refractivity contribution in [1.82, 2.24) is 5.32 Å². The highest BCUT2D eigenvalue weighted by Gasteiger charge is 2.45. The Hall–Kier alpha value is -1.35. The molecule has 0 aliphatic heterocycles. The predicted octanol–water partition coefficient (Wildman–Crippen LogP) is 1.96. The Morgan fingerprint density at radius 2 is 2.06 bits per heavy atom. The van der Waals surface area contributed by atoms with Crippen LogP contribution < -0.4 is 11.1 Å². The van der Waals surface area contributed by atoms with Crippen molar-refractivity contribution in [1.29, 1.82) is 0 Å². The Morgan fingerprint density at radius 1 is 1.39 bits per heavy atom. The van der Waals surface area contributed by atoms with Gasteiger partial charge < -0.3 is 11.1 Å². The molecule has 0 radical (unpaired) electrons. The molecular formula is C15H22N2O. The van der Waals surface area contributed by atoms with E-state index in [1.165, 1.54) is 0 Å². The van der Waals surface area contributed by atoms with Crippen LogP contribution in [-0.4, -0.2) is 18.5 Å². The molecule has 3 heteroatoms. The summed E-state index contributed by atoms with van der Waals surface area (Å²) in [5.41, 5.74) is 6.56. The summed E-state index contributed by atoms with van der Waals surface area (Å²) < 4.78 is 0. The quantitative estimate of drug-likeness (QED) is 0.834. The lowest BCUT2D eigenvalue weighted by Crippen LogP contribution is -2.49. The lowest BCUT2D eigenvalue weighted by Gasteiger charge is -2.40. The summed E-state index contributed by atoms with van der Waals surface area (Å²) in [6.45, 7) is 2.63. The summed E-state index contributed by atoms with van der Waals surface area (Å²) in [5, 5.41) is 3.04. The summed E-state index contributed by atoms with van der Waals surface area (Å²) in [5.74, 6) is 0.167. The van der Waals surface area contributed by atoms with E-state index < -0.39 is 0 Å². The fourth-order valence-corrected chi connectivity index (χ4v) is 2.52. The zero-order valence-electron chi connectivity index (χ0n) is 11.0. The first-order valence-electron chi connectivity index (χ1n) is 6.74. The number of hydrogen-bond acceptors (Lipinski definition) is 2. The number of rotatable bonds is 5. The van der Waals surface area contributed by atoms with Crippen molar-refractivity contribution in [2.45, 2.75) is 44.1 Å². The van der Waals surface area contributed by atoms with Gasteiger partial charge in [0.05, 0.1) is 5.41 Å². The largest absolute Gasteiger partial charge is 0.355 e. The molecule has 1 aliphatic carbocycles. The molecule has 3 N–H and O–H groups in total. The summed E-state index contributed by atoms with van der Waals surface area (Å²) >= 11 is 0. The van der Waals surface area contributed by atoms with Crippen molar-refractivity contribution in [2.75, 3.05) is 6.54 Å². The monoisotopic (exact) mass is 246 g/mol. The first kappa shape index (κ1) is 13.1. The van der Waals surface area contributed by atoms with Crippen LogP contribution in [0.15, 0.2) is 30.3 Å². The highest BCUT2D eigenvalue weighted by atomic mass is 16.2. The average Bonchev–Trinajstić information content (AvgIpc) is 2.28. The lowest BCUT2D eigenvalue weighted by molar-refractivity contribution is -0.129. The molecular weight excluding hydrogens is 224 g/mol. The molecule has 0 saturated heterocycles. The number of amides is 1. The molecule has 1 aromatic rings. The van der Waals surface area contributed by atoms with Gasteiger partial charge in [-0.05, 0) is 31.7 Å². The van der Waals surface area contributed by atoms with Gasteiger partial charge in [0.25, 0.3) is 0 Å². The van der Waals surface area contributed by atoms with Gasteiger partial charge in [0.1, 0.15) is 0 Å². The molecule has 1 unspecified atom stereocenters. The van der Waals surface area contributed by atoms with Crippen LogP contribution >= 0.6 is 0 Å². The Kier molecular flexibility index (Phi) is 4.02. The van der Waals surface area contributed by atoms with E-state index in [0.29, 0.717) is 6.54 Å². The molecule has 1 aliphatic rings. The third-order valence-corrected chi connectivity index (χ3v) is 3.85. The van der Waals surface area contributed by atoms with Crippen molar-refractivity contribution in [2.24, 2.45) is 5.73 Å². The van der Waals surface area contributed by atoms with Crippen LogP contribution in [0.2, 0.25) is 0 Å². The zero-order chi connectivity index (χ0) is 13.0. The Bertz CT molecular complexity index is 396. The molecule has 1 amide bonds. The number of nitrogens with one attached hydrogen (secondary N) is 1. The maximum Gasteiger partial charge on any atom is 0.230 e. The fourth-order valence-electron chi connectivity index (χ4n) is 2.52. The first-order valence-corrected chi connectivity index (χ1v) is 6.74. The van der Waals surface area contributed by atoms with Gasteiger partial charge in [-0.2, -0.15) is 0 Å². The molecule has 0 heterocycles. The highest BCUT2D eigenvalue weighted by Crippen LogP contribution is 2.43. The van der Waals surface area contributed by atoms with Gasteiger partial charge in [0.2, 0.25) is 5.91 Å². The normalized spacial score (nSPS) is 18.8. The van der Waals surface area contributed by atoms with Gasteiger partial charge >= 0.3 is 0 Å². The van der Waals surface area contributed by atoms with E-state index in [-0.39, 0.29) is 17.4 Å². The maximum atomic E-state index is 12.4. The van der Waals surface area contributed by atoms with Crippen LogP contribution in [0.3, 0.4) is 0 Å². The molecule has 1 atom stereocenters. The minimum Gasteiger partial charge on any atom is -0.355 e. The van der Waals surface area contributed by atoms with E-state index in [1.807, 2.05) is 25.1 Å². The van der Waals surface area contributed by atoms with Gasteiger partial charge in [0.15, 0.2) is 0 Å². The second kappa shape index (κ2) is 5.53. The van der Waals surface area contributed by atoms with Crippen LogP contribution in [0.25, 0.3) is 0 Å². The van der Waals surface area contributed by atoms with Crippen LogP contribution in [0, 0.1) is 0 Å². The molecule has 98 valence electrons. The second-order valence-electron chi connectivity index (χ2n) is 5.32.